The topological polar surface area (TPSA) is 93.1 Å². The highest BCUT2D eigenvalue weighted by Gasteiger charge is 2.02. The van der Waals surface area contributed by atoms with E-state index < -0.39 is 0 Å². The number of hydrogen-bond donors (Lipinski definition) is 2. The van der Waals surface area contributed by atoms with Crippen molar-refractivity contribution in [1.82, 2.24) is 0 Å². The largest absolute Gasteiger partial charge is 0.466 e. The fraction of sp³-hybridized carbons (Fsp3) is 0.889. The Bertz CT molecular complexity index is 267. The van der Waals surface area contributed by atoms with Gasteiger partial charge in [0.05, 0.1) is 19.3 Å². The van der Waals surface area contributed by atoms with Crippen LogP contribution in [0.1, 0.15) is 78.6 Å². The summed E-state index contributed by atoms with van der Waals surface area (Å²) in [6.45, 7) is 6.30. The van der Waals surface area contributed by atoms with Gasteiger partial charge in [-0.3, -0.25) is 9.59 Å². The molecule has 0 radical (unpaired) electrons. The van der Waals surface area contributed by atoms with Crippen LogP contribution in [-0.4, -0.2) is 48.1 Å². The molecule has 6 nitrogen and oxygen atoms in total. The maximum absolute atomic E-state index is 11.0. The zero-order chi connectivity index (χ0) is 18.6. The zero-order valence-corrected chi connectivity index (χ0v) is 15.6. The number of carbonyl (C=O) groups is 2. The molecule has 0 heterocycles. The molecule has 0 fully saturated rings. The van der Waals surface area contributed by atoms with Gasteiger partial charge in [0, 0.05) is 19.4 Å². The fourth-order valence-corrected chi connectivity index (χ4v) is 1.90. The summed E-state index contributed by atoms with van der Waals surface area (Å²) in [5, 5.41) is 16.5. The van der Waals surface area contributed by atoms with E-state index in [-0.39, 0.29) is 24.6 Å². The highest BCUT2D eigenvalue weighted by molar-refractivity contribution is 5.69. The van der Waals surface area contributed by atoms with Crippen LogP contribution in [0.2, 0.25) is 0 Å². The lowest BCUT2D eigenvalue weighted by Gasteiger charge is -2.03. The highest BCUT2D eigenvalue weighted by Crippen LogP contribution is 2.09. The lowest BCUT2D eigenvalue weighted by atomic mass is 10.1. The van der Waals surface area contributed by atoms with Crippen LogP contribution in [0.25, 0.3) is 0 Å². The summed E-state index contributed by atoms with van der Waals surface area (Å²) in [6, 6.07) is 0. The molecule has 0 aromatic heterocycles. The van der Waals surface area contributed by atoms with Crippen molar-refractivity contribution in [1.29, 1.82) is 0 Å². The van der Waals surface area contributed by atoms with Gasteiger partial charge in [-0.15, -0.1) is 0 Å². The minimum atomic E-state index is -0.352. The number of hydrogen-bond acceptors (Lipinski definition) is 6. The molecular formula is C18H36O6. The van der Waals surface area contributed by atoms with E-state index in [2.05, 4.69) is 0 Å². The Labute approximate surface area is 146 Å². The molecule has 6 heteroatoms. The molecule has 1 atom stereocenters. The third kappa shape index (κ3) is 23.1. The van der Waals surface area contributed by atoms with E-state index in [1.54, 1.807) is 6.92 Å². The third-order valence-electron chi connectivity index (χ3n) is 3.17. The smallest absolute Gasteiger partial charge is 0.305 e. The van der Waals surface area contributed by atoms with Gasteiger partial charge in [-0.2, -0.15) is 0 Å². The number of aliphatic hydroxyl groups excluding tert-OH is 2. The van der Waals surface area contributed by atoms with Crippen LogP contribution in [-0.2, 0) is 19.1 Å². The average Bonchev–Trinajstić information content (AvgIpc) is 2.51. The second kappa shape index (κ2) is 19.9. The Morgan fingerprint density at radius 3 is 1.46 bits per heavy atom. The predicted octanol–water partition coefficient (Wildman–Crippen LogP) is 2.98. The van der Waals surface area contributed by atoms with Gasteiger partial charge in [0.15, 0.2) is 0 Å². The molecule has 0 aliphatic carbocycles. The van der Waals surface area contributed by atoms with E-state index in [9.17, 15) is 9.59 Å². The van der Waals surface area contributed by atoms with Gasteiger partial charge in [0.25, 0.3) is 0 Å². The lowest BCUT2D eigenvalue weighted by Crippen LogP contribution is -2.03. The Balaban J connectivity index is 0. The van der Waals surface area contributed by atoms with Crippen LogP contribution < -0.4 is 0 Å². The van der Waals surface area contributed by atoms with Gasteiger partial charge in [0.2, 0.25) is 0 Å². The molecule has 0 saturated carbocycles. The molecular weight excluding hydrogens is 312 g/mol. The molecule has 0 amide bonds. The molecule has 0 aliphatic heterocycles. The van der Waals surface area contributed by atoms with Gasteiger partial charge in [-0.25, -0.2) is 0 Å². The highest BCUT2D eigenvalue weighted by atomic mass is 16.5. The van der Waals surface area contributed by atoms with Gasteiger partial charge in [0.1, 0.15) is 0 Å². The maximum atomic E-state index is 11.0. The molecule has 1 unspecified atom stereocenters. The van der Waals surface area contributed by atoms with Gasteiger partial charge >= 0.3 is 11.9 Å². The monoisotopic (exact) mass is 348 g/mol. The number of unbranched alkanes of at least 4 members (excludes halogenated alkanes) is 5. The normalized spacial score (nSPS) is 11.2. The Morgan fingerprint density at radius 1 is 0.833 bits per heavy atom. The standard InChI is InChI=1S/C14H26O4.C4H10O2/c1-3-17-13(15)11-9-7-5-6-8-10-12-14(16)18-4-2;1-4(6)2-3-5/h3-12H2,1-2H3;4-6H,2-3H2,1H3. The SMILES string of the molecule is CC(O)CCO.CCOC(=O)CCCCCCCCC(=O)OCC. The first-order chi connectivity index (χ1) is 11.5. The fourth-order valence-electron chi connectivity index (χ4n) is 1.90. The van der Waals surface area contributed by atoms with E-state index in [0.717, 1.165) is 38.5 Å². The van der Waals surface area contributed by atoms with E-state index >= 15 is 0 Å². The summed E-state index contributed by atoms with van der Waals surface area (Å²) in [5.74, 6) is -0.195. The van der Waals surface area contributed by atoms with E-state index in [1.807, 2.05) is 13.8 Å². The first-order valence-corrected chi connectivity index (χ1v) is 9.08. The second-order valence-corrected chi connectivity index (χ2v) is 5.59. The molecule has 0 aromatic carbocycles. The molecule has 0 spiro atoms. The van der Waals surface area contributed by atoms with Crippen molar-refractivity contribution in [3.8, 4) is 0 Å². The first kappa shape index (κ1) is 25.1. The first-order valence-electron chi connectivity index (χ1n) is 9.08. The van der Waals surface area contributed by atoms with Gasteiger partial charge in [-0.05, 0) is 40.0 Å². The van der Waals surface area contributed by atoms with Gasteiger partial charge in [-0.1, -0.05) is 25.7 Å². The summed E-state index contributed by atoms with van der Waals surface area (Å²) in [7, 11) is 0. The summed E-state index contributed by atoms with van der Waals surface area (Å²) >= 11 is 0. The van der Waals surface area contributed by atoms with Crippen molar-refractivity contribution in [3.05, 3.63) is 0 Å². The van der Waals surface area contributed by atoms with Crippen molar-refractivity contribution in [2.24, 2.45) is 0 Å². The molecule has 24 heavy (non-hydrogen) atoms. The molecule has 0 bridgehead atoms. The number of aliphatic hydroxyl groups is 2. The molecule has 0 saturated heterocycles. The zero-order valence-electron chi connectivity index (χ0n) is 15.6. The van der Waals surface area contributed by atoms with Crippen molar-refractivity contribution >= 4 is 11.9 Å². The number of ether oxygens (including phenoxy) is 2. The van der Waals surface area contributed by atoms with E-state index in [0.29, 0.717) is 32.5 Å². The third-order valence-corrected chi connectivity index (χ3v) is 3.17. The van der Waals surface area contributed by atoms with Gasteiger partial charge < -0.3 is 19.7 Å². The Kier molecular flexibility index (Phi) is 20.8. The van der Waals surface area contributed by atoms with Crippen LogP contribution in [0.3, 0.4) is 0 Å². The molecule has 0 aliphatic rings. The van der Waals surface area contributed by atoms with Crippen molar-refractivity contribution in [3.63, 3.8) is 0 Å². The van der Waals surface area contributed by atoms with Crippen LogP contribution in [0.5, 0.6) is 0 Å². The maximum Gasteiger partial charge on any atom is 0.305 e. The minimum absolute atomic E-state index is 0.0810. The quantitative estimate of drug-likeness (QED) is 0.393. The molecule has 0 rings (SSSR count). The summed E-state index contributed by atoms with van der Waals surface area (Å²) in [6.07, 6.45) is 7.32. The second-order valence-electron chi connectivity index (χ2n) is 5.59. The molecule has 144 valence electrons. The lowest BCUT2D eigenvalue weighted by molar-refractivity contribution is -0.144. The van der Waals surface area contributed by atoms with Crippen LogP contribution in [0.15, 0.2) is 0 Å². The van der Waals surface area contributed by atoms with Crippen molar-refractivity contribution in [2.75, 3.05) is 19.8 Å². The van der Waals surface area contributed by atoms with Crippen LogP contribution in [0, 0.1) is 0 Å². The van der Waals surface area contributed by atoms with Crippen LogP contribution in [0.4, 0.5) is 0 Å². The van der Waals surface area contributed by atoms with E-state index in [1.165, 1.54) is 0 Å². The summed E-state index contributed by atoms with van der Waals surface area (Å²) in [5.41, 5.74) is 0. The Hall–Kier alpha value is -1.14. The Morgan fingerprint density at radius 2 is 1.21 bits per heavy atom. The van der Waals surface area contributed by atoms with Crippen molar-refractivity contribution in [2.45, 2.75) is 84.7 Å². The van der Waals surface area contributed by atoms with Crippen molar-refractivity contribution < 1.29 is 29.3 Å². The number of carbonyl (C=O) groups excluding carboxylic acids is 2. The number of rotatable bonds is 13. The predicted molar refractivity (Wildman–Crippen MR) is 93.6 cm³/mol. The molecule has 0 aromatic rings. The average molecular weight is 348 g/mol. The molecule has 2 N–H and O–H groups in total. The van der Waals surface area contributed by atoms with E-state index in [4.69, 9.17) is 19.7 Å². The summed E-state index contributed by atoms with van der Waals surface area (Å²) < 4.78 is 9.69. The number of esters is 2. The summed E-state index contributed by atoms with van der Waals surface area (Å²) in [4.78, 5) is 22.1. The minimum Gasteiger partial charge on any atom is -0.466 e. The van der Waals surface area contributed by atoms with Crippen LogP contribution >= 0.6 is 0 Å².